The van der Waals surface area contributed by atoms with E-state index < -0.39 is 0 Å². The van der Waals surface area contributed by atoms with E-state index in [9.17, 15) is 0 Å². The standard InChI is InChI=1S/C4H9Br.2Li.2H/c1-2-3-4-5;;;;/h2-4H2,1H3;;;;. The van der Waals surface area contributed by atoms with Crippen LogP contribution in [0.2, 0.25) is 0 Å². The van der Waals surface area contributed by atoms with Gasteiger partial charge in [0, 0.05) is 5.33 Å². The van der Waals surface area contributed by atoms with Crippen LogP contribution in [0.1, 0.15) is 19.8 Å². The van der Waals surface area contributed by atoms with Crippen molar-refractivity contribution in [1.82, 2.24) is 0 Å². The van der Waals surface area contributed by atoms with Crippen molar-refractivity contribution in [1.29, 1.82) is 0 Å². The Kier molecular flexibility index (Phi) is 35.5. The maximum absolute atomic E-state index is 3.31. The number of halogens is 1. The molecule has 0 spiro atoms. The molecule has 0 atom stereocenters. The molecule has 0 bridgehead atoms. The van der Waals surface area contributed by atoms with Crippen LogP contribution in [0.15, 0.2) is 0 Å². The molecule has 0 aromatic carbocycles. The molecule has 0 aliphatic rings. The summed E-state index contributed by atoms with van der Waals surface area (Å²) >= 11 is 3.31. The van der Waals surface area contributed by atoms with Crippen molar-refractivity contribution in [3.05, 3.63) is 0 Å². The van der Waals surface area contributed by atoms with E-state index in [-0.39, 0.29) is 37.7 Å². The van der Waals surface area contributed by atoms with Gasteiger partial charge >= 0.3 is 37.7 Å². The first-order valence-corrected chi connectivity index (χ1v) is 3.10. The summed E-state index contributed by atoms with van der Waals surface area (Å²) in [5.41, 5.74) is 0. The minimum absolute atomic E-state index is 0. The van der Waals surface area contributed by atoms with Gasteiger partial charge < -0.3 is 0 Å². The van der Waals surface area contributed by atoms with Crippen LogP contribution in [0.5, 0.6) is 0 Å². The molecule has 0 saturated heterocycles. The van der Waals surface area contributed by atoms with Gasteiger partial charge in [0.1, 0.15) is 0 Å². The predicted molar refractivity (Wildman–Crippen MR) is 43.0 cm³/mol. The van der Waals surface area contributed by atoms with Crippen molar-refractivity contribution in [2.45, 2.75) is 19.8 Å². The summed E-state index contributed by atoms with van der Waals surface area (Å²) in [7, 11) is 0. The van der Waals surface area contributed by atoms with Gasteiger partial charge in [-0.15, -0.1) is 0 Å². The summed E-state index contributed by atoms with van der Waals surface area (Å²) < 4.78 is 0. The van der Waals surface area contributed by atoms with Gasteiger partial charge in [-0.05, 0) is 6.42 Å². The molecule has 0 N–H and O–H groups in total. The van der Waals surface area contributed by atoms with E-state index in [2.05, 4.69) is 22.9 Å². The van der Waals surface area contributed by atoms with Crippen LogP contribution < -0.4 is 0 Å². The molecule has 7 heavy (non-hydrogen) atoms. The molecular weight excluding hydrogens is 142 g/mol. The van der Waals surface area contributed by atoms with Gasteiger partial charge in [-0.2, -0.15) is 0 Å². The molecule has 0 aliphatic carbocycles. The average molecular weight is 153 g/mol. The molecule has 0 heterocycles. The molecule has 0 fully saturated rings. The van der Waals surface area contributed by atoms with Gasteiger partial charge in [0.25, 0.3) is 0 Å². The third-order valence-corrected chi connectivity index (χ3v) is 1.05. The van der Waals surface area contributed by atoms with Crippen LogP contribution in [-0.2, 0) is 0 Å². The molecule has 0 amide bonds. The monoisotopic (exact) mass is 152 g/mol. The molecule has 0 nitrogen and oxygen atoms in total. The first-order chi connectivity index (χ1) is 2.41. The zero-order valence-electron chi connectivity index (χ0n) is 3.50. The summed E-state index contributed by atoms with van der Waals surface area (Å²) in [5.74, 6) is 0. The number of hydrogen-bond acceptors (Lipinski definition) is 0. The molecule has 36 valence electrons. The summed E-state index contributed by atoms with van der Waals surface area (Å²) in [6, 6.07) is 0. The molecule has 0 rings (SSSR count). The van der Waals surface area contributed by atoms with E-state index >= 15 is 0 Å². The Morgan fingerprint density at radius 1 is 1.29 bits per heavy atom. The van der Waals surface area contributed by atoms with Gasteiger partial charge in [0.05, 0.1) is 0 Å². The summed E-state index contributed by atoms with van der Waals surface area (Å²) in [6.45, 7) is 2.18. The fourth-order valence-corrected chi connectivity index (χ4v) is 0.694. The van der Waals surface area contributed by atoms with Crippen molar-refractivity contribution in [3.8, 4) is 0 Å². The minimum atomic E-state index is 0. The SMILES string of the molecule is CCCCBr.[LiH].[LiH]. The first kappa shape index (κ1) is 15.9. The van der Waals surface area contributed by atoms with Crippen LogP contribution in [0.4, 0.5) is 0 Å². The van der Waals surface area contributed by atoms with Gasteiger partial charge in [-0.3, -0.25) is 0 Å². The van der Waals surface area contributed by atoms with Crippen molar-refractivity contribution in [2.75, 3.05) is 5.33 Å². The predicted octanol–water partition coefficient (Wildman–Crippen LogP) is 0.884. The number of alkyl halides is 1. The first-order valence-electron chi connectivity index (χ1n) is 1.97. The van der Waals surface area contributed by atoms with E-state index in [0.717, 1.165) is 5.33 Å². The average Bonchev–Trinajstić information content (AvgIpc) is 1.41. The van der Waals surface area contributed by atoms with Gasteiger partial charge in [0.2, 0.25) is 0 Å². The maximum atomic E-state index is 3.31. The Hall–Kier alpha value is 1.67. The Bertz CT molecular complexity index is 17.2. The van der Waals surface area contributed by atoms with E-state index in [1.54, 1.807) is 0 Å². The zero-order valence-corrected chi connectivity index (χ0v) is 5.09. The van der Waals surface area contributed by atoms with Gasteiger partial charge in [-0.1, -0.05) is 29.3 Å². The van der Waals surface area contributed by atoms with Gasteiger partial charge in [0.15, 0.2) is 0 Å². The van der Waals surface area contributed by atoms with E-state index in [4.69, 9.17) is 0 Å². The molecular formula is C4H11BrLi2. The van der Waals surface area contributed by atoms with Crippen LogP contribution in [0, 0.1) is 0 Å². The number of unbranched alkanes of at least 4 members (excludes halogenated alkanes) is 1. The van der Waals surface area contributed by atoms with Crippen LogP contribution in [0.25, 0.3) is 0 Å². The van der Waals surface area contributed by atoms with Gasteiger partial charge in [-0.25, -0.2) is 0 Å². The molecule has 0 aromatic rings. The Balaban J connectivity index is -0.0000000800. The van der Waals surface area contributed by atoms with Crippen molar-refractivity contribution in [2.24, 2.45) is 0 Å². The second kappa shape index (κ2) is 15.6. The molecule has 3 heteroatoms. The molecule has 0 aromatic heterocycles. The molecule has 0 radical (unpaired) electrons. The Morgan fingerprint density at radius 3 is 1.71 bits per heavy atom. The second-order valence-electron chi connectivity index (χ2n) is 1.04. The third kappa shape index (κ3) is 18.3. The fourth-order valence-electron chi connectivity index (χ4n) is 0.134. The van der Waals surface area contributed by atoms with Crippen molar-refractivity contribution in [3.63, 3.8) is 0 Å². The number of rotatable bonds is 2. The zero-order chi connectivity index (χ0) is 4.12. The fraction of sp³-hybridized carbons (Fsp3) is 1.00. The Morgan fingerprint density at radius 2 is 1.71 bits per heavy atom. The molecule has 0 aliphatic heterocycles. The molecule has 0 unspecified atom stereocenters. The van der Waals surface area contributed by atoms with Crippen LogP contribution >= 0.6 is 15.9 Å². The van der Waals surface area contributed by atoms with E-state index in [1.165, 1.54) is 12.8 Å². The summed E-state index contributed by atoms with van der Waals surface area (Å²) in [4.78, 5) is 0. The number of hydrogen-bond donors (Lipinski definition) is 0. The van der Waals surface area contributed by atoms with Crippen molar-refractivity contribution >= 4 is 53.7 Å². The quantitative estimate of drug-likeness (QED) is 0.408. The molecule has 0 saturated carbocycles. The van der Waals surface area contributed by atoms with Crippen LogP contribution in [-0.4, -0.2) is 43.1 Å². The van der Waals surface area contributed by atoms with Crippen molar-refractivity contribution < 1.29 is 0 Å². The summed E-state index contributed by atoms with van der Waals surface area (Å²) in [5, 5.41) is 1.16. The second-order valence-corrected chi connectivity index (χ2v) is 1.84. The van der Waals surface area contributed by atoms with Crippen LogP contribution in [0.3, 0.4) is 0 Å². The van der Waals surface area contributed by atoms with E-state index in [0.29, 0.717) is 0 Å². The van der Waals surface area contributed by atoms with E-state index in [1.807, 2.05) is 0 Å². The topological polar surface area (TPSA) is 0 Å². The Labute approximate surface area is 78.3 Å². The normalized spacial score (nSPS) is 6.00. The third-order valence-electron chi connectivity index (χ3n) is 0.487. The summed E-state index contributed by atoms with van der Waals surface area (Å²) in [6.07, 6.45) is 2.60.